The Kier molecular flexibility index (Phi) is 9.69. The minimum Gasteiger partial charge on any atom is -0.462 e. The Bertz CT molecular complexity index is 718. The highest BCUT2D eigenvalue weighted by molar-refractivity contribution is 7.89. The molecule has 1 saturated heterocycles. The molecule has 2 rings (SSSR count). The average Bonchev–Trinajstić information content (AvgIpc) is 2.63. The molecule has 1 aliphatic heterocycles. The van der Waals surface area contributed by atoms with Gasteiger partial charge in [-0.2, -0.15) is 4.31 Å². The number of hydrogen-bond acceptors (Lipinski definition) is 6. The molecule has 7 nitrogen and oxygen atoms in total. The Balaban J connectivity index is 0.00000364. The number of rotatable bonds is 8. The molecule has 27 heavy (non-hydrogen) atoms. The molecular weight excluding hydrogens is 392 g/mol. The first-order valence-electron chi connectivity index (χ1n) is 8.99. The molecule has 0 aromatic heterocycles. The molecule has 0 saturated carbocycles. The molecule has 0 bridgehead atoms. The molecule has 2 N–H and O–H groups in total. The van der Waals surface area contributed by atoms with Gasteiger partial charge in [-0.1, -0.05) is 6.07 Å². The number of sulfonamides is 1. The maximum Gasteiger partial charge on any atom is 0.338 e. The Labute approximate surface area is 167 Å². The van der Waals surface area contributed by atoms with Gasteiger partial charge in [-0.05, 0) is 57.4 Å². The van der Waals surface area contributed by atoms with Gasteiger partial charge in [0.15, 0.2) is 0 Å². The summed E-state index contributed by atoms with van der Waals surface area (Å²) in [5, 5.41) is 0. The number of carbonyl (C=O) groups excluding carboxylic acids is 1. The lowest BCUT2D eigenvalue weighted by molar-refractivity contribution is 0.0209. The fourth-order valence-electron chi connectivity index (χ4n) is 2.93. The van der Waals surface area contributed by atoms with E-state index in [-0.39, 0.29) is 35.6 Å². The van der Waals surface area contributed by atoms with Crippen LogP contribution < -0.4 is 5.73 Å². The number of nitrogens with two attached hydrogens (primary N) is 1. The van der Waals surface area contributed by atoms with Crippen molar-refractivity contribution >= 4 is 28.4 Å². The molecule has 1 heterocycles. The number of piperidine rings is 1. The van der Waals surface area contributed by atoms with Gasteiger partial charge in [0.1, 0.15) is 0 Å². The molecule has 0 unspecified atom stereocenters. The lowest BCUT2D eigenvalue weighted by Crippen LogP contribution is -2.41. The van der Waals surface area contributed by atoms with Crippen molar-refractivity contribution in [2.24, 2.45) is 5.73 Å². The normalized spacial score (nSPS) is 16.0. The molecule has 1 aliphatic rings. The standard InChI is InChI=1S/C18H28N2O5S.ClH/c1-3-24-18(21)15-6-5-14(2)17(13-15)26(22,23)20-10-7-16(8-11-20)25-12-4-9-19;/h5-6,13,16H,3-4,7-12,19H2,1-2H3;1H. The van der Waals surface area contributed by atoms with Crippen molar-refractivity contribution in [3.63, 3.8) is 0 Å². The van der Waals surface area contributed by atoms with E-state index in [0.29, 0.717) is 44.6 Å². The van der Waals surface area contributed by atoms with Crippen LogP contribution in [0, 0.1) is 6.92 Å². The quantitative estimate of drug-likeness (QED) is 0.510. The fourth-order valence-corrected chi connectivity index (χ4v) is 4.65. The maximum absolute atomic E-state index is 13.0. The summed E-state index contributed by atoms with van der Waals surface area (Å²) in [5.74, 6) is -0.518. The predicted molar refractivity (Wildman–Crippen MR) is 106 cm³/mol. The number of carbonyl (C=O) groups is 1. The second-order valence-electron chi connectivity index (χ2n) is 6.32. The number of benzene rings is 1. The molecule has 0 spiro atoms. The Morgan fingerprint density at radius 2 is 1.96 bits per heavy atom. The third-order valence-electron chi connectivity index (χ3n) is 4.42. The van der Waals surface area contributed by atoms with Crippen LogP contribution in [0.5, 0.6) is 0 Å². The maximum atomic E-state index is 13.0. The van der Waals surface area contributed by atoms with Gasteiger partial charge in [-0.15, -0.1) is 12.4 Å². The summed E-state index contributed by atoms with van der Waals surface area (Å²) in [6, 6.07) is 4.64. The minimum absolute atomic E-state index is 0. The highest BCUT2D eigenvalue weighted by atomic mass is 35.5. The summed E-state index contributed by atoms with van der Waals surface area (Å²) in [4.78, 5) is 12.1. The van der Waals surface area contributed by atoms with Crippen molar-refractivity contribution < 1.29 is 22.7 Å². The third kappa shape index (κ3) is 6.15. The number of aryl methyl sites for hydroxylation is 1. The van der Waals surface area contributed by atoms with Crippen LogP contribution in [0.3, 0.4) is 0 Å². The molecule has 1 aromatic carbocycles. The van der Waals surface area contributed by atoms with E-state index in [1.54, 1.807) is 26.0 Å². The van der Waals surface area contributed by atoms with E-state index in [1.165, 1.54) is 10.4 Å². The fraction of sp³-hybridized carbons (Fsp3) is 0.611. The van der Waals surface area contributed by atoms with Crippen molar-refractivity contribution in [1.82, 2.24) is 4.31 Å². The summed E-state index contributed by atoms with van der Waals surface area (Å²) in [6.45, 7) is 5.68. The molecule has 154 valence electrons. The first-order valence-corrected chi connectivity index (χ1v) is 10.4. The van der Waals surface area contributed by atoms with E-state index in [0.717, 1.165) is 6.42 Å². The summed E-state index contributed by atoms with van der Waals surface area (Å²) in [7, 11) is -3.66. The van der Waals surface area contributed by atoms with Crippen LogP contribution >= 0.6 is 12.4 Å². The van der Waals surface area contributed by atoms with E-state index in [1.807, 2.05) is 0 Å². The molecular formula is C18H29ClN2O5S. The topological polar surface area (TPSA) is 98.9 Å². The first kappa shape index (κ1) is 23.8. The van der Waals surface area contributed by atoms with E-state index in [9.17, 15) is 13.2 Å². The SMILES string of the molecule is CCOC(=O)c1ccc(C)c(S(=O)(=O)N2CCC(OCCCN)CC2)c1.Cl. The number of ether oxygens (including phenoxy) is 2. The summed E-state index contributed by atoms with van der Waals surface area (Å²) >= 11 is 0. The van der Waals surface area contributed by atoms with Crippen molar-refractivity contribution in [3.05, 3.63) is 29.3 Å². The molecule has 0 atom stereocenters. The molecule has 0 radical (unpaired) electrons. The summed E-state index contributed by atoms with van der Waals surface area (Å²) in [6.07, 6.45) is 2.18. The molecule has 1 fully saturated rings. The van der Waals surface area contributed by atoms with Crippen LogP contribution in [-0.2, 0) is 19.5 Å². The van der Waals surface area contributed by atoms with Gasteiger partial charge < -0.3 is 15.2 Å². The first-order chi connectivity index (χ1) is 12.4. The van der Waals surface area contributed by atoms with E-state index >= 15 is 0 Å². The monoisotopic (exact) mass is 420 g/mol. The smallest absolute Gasteiger partial charge is 0.338 e. The average molecular weight is 421 g/mol. The van der Waals surface area contributed by atoms with Crippen molar-refractivity contribution in [3.8, 4) is 0 Å². The van der Waals surface area contributed by atoms with Gasteiger partial charge >= 0.3 is 5.97 Å². The van der Waals surface area contributed by atoms with Crippen molar-refractivity contribution in [2.45, 2.75) is 44.1 Å². The zero-order valence-corrected chi connectivity index (χ0v) is 17.5. The minimum atomic E-state index is -3.66. The second kappa shape index (κ2) is 11.0. The van der Waals surface area contributed by atoms with Crippen LogP contribution in [-0.4, -0.2) is 57.6 Å². The number of halogens is 1. The van der Waals surface area contributed by atoms with Gasteiger partial charge in [0.05, 0.1) is 23.2 Å². The van der Waals surface area contributed by atoms with E-state index < -0.39 is 16.0 Å². The molecule has 0 aliphatic carbocycles. The van der Waals surface area contributed by atoms with Gasteiger partial charge in [0.2, 0.25) is 10.0 Å². The number of hydrogen-bond donors (Lipinski definition) is 1. The highest BCUT2D eigenvalue weighted by Gasteiger charge is 2.31. The van der Waals surface area contributed by atoms with E-state index in [4.69, 9.17) is 15.2 Å². The van der Waals surface area contributed by atoms with Crippen LogP contribution in [0.25, 0.3) is 0 Å². The Hall–Kier alpha value is -1.19. The zero-order chi connectivity index (χ0) is 19.2. The lowest BCUT2D eigenvalue weighted by atomic mass is 10.1. The van der Waals surface area contributed by atoms with Gasteiger partial charge in [-0.3, -0.25) is 0 Å². The lowest BCUT2D eigenvalue weighted by Gasteiger charge is -2.31. The summed E-state index contributed by atoms with van der Waals surface area (Å²) in [5.41, 5.74) is 6.31. The number of nitrogens with zero attached hydrogens (tertiary/aromatic N) is 1. The molecule has 1 aromatic rings. The van der Waals surface area contributed by atoms with Gasteiger partial charge in [0, 0.05) is 19.7 Å². The Morgan fingerprint density at radius 3 is 2.56 bits per heavy atom. The van der Waals surface area contributed by atoms with Crippen molar-refractivity contribution in [2.75, 3.05) is 32.8 Å². The molecule has 9 heteroatoms. The predicted octanol–water partition coefficient (Wildman–Crippen LogP) is 2.11. The Morgan fingerprint density at radius 1 is 1.30 bits per heavy atom. The largest absolute Gasteiger partial charge is 0.462 e. The second-order valence-corrected chi connectivity index (χ2v) is 8.22. The van der Waals surface area contributed by atoms with E-state index in [2.05, 4.69) is 0 Å². The van der Waals surface area contributed by atoms with Gasteiger partial charge in [-0.25, -0.2) is 13.2 Å². The summed E-state index contributed by atoms with van der Waals surface area (Å²) < 4.78 is 38.2. The van der Waals surface area contributed by atoms with Gasteiger partial charge in [0.25, 0.3) is 0 Å². The molecule has 0 amide bonds. The zero-order valence-electron chi connectivity index (χ0n) is 15.8. The third-order valence-corrected chi connectivity index (χ3v) is 6.46. The van der Waals surface area contributed by atoms with Crippen LogP contribution in [0.4, 0.5) is 0 Å². The van der Waals surface area contributed by atoms with Crippen molar-refractivity contribution in [1.29, 1.82) is 0 Å². The highest BCUT2D eigenvalue weighted by Crippen LogP contribution is 2.25. The van der Waals surface area contributed by atoms with Crippen LogP contribution in [0.15, 0.2) is 23.1 Å². The van der Waals surface area contributed by atoms with Crippen LogP contribution in [0.2, 0.25) is 0 Å². The number of esters is 1. The van der Waals surface area contributed by atoms with Crippen LogP contribution in [0.1, 0.15) is 42.1 Å².